The van der Waals surface area contributed by atoms with Crippen LogP contribution < -0.4 is 5.32 Å². The van der Waals surface area contributed by atoms with E-state index in [0.29, 0.717) is 11.7 Å². The Morgan fingerprint density at radius 1 is 1.23 bits per heavy atom. The van der Waals surface area contributed by atoms with E-state index in [0.717, 1.165) is 18.8 Å². The number of hydrogen-bond acceptors (Lipinski definition) is 3. The molecule has 1 saturated heterocycles. The van der Waals surface area contributed by atoms with Gasteiger partial charge in [0.15, 0.2) is 0 Å². The van der Waals surface area contributed by atoms with Crippen LogP contribution in [0.25, 0.3) is 0 Å². The molecule has 0 unspecified atom stereocenters. The summed E-state index contributed by atoms with van der Waals surface area (Å²) in [6.45, 7) is 2.05. The lowest BCUT2D eigenvalue weighted by Crippen LogP contribution is -2.43. The van der Waals surface area contributed by atoms with Gasteiger partial charge in [-0.15, -0.1) is 0 Å². The Balaban J connectivity index is 1.83. The van der Waals surface area contributed by atoms with Gasteiger partial charge in [0.2, 0.25) is 0 Å². The van der Waals surface area contributed by atoms with Crippen LogP contribution in [0.3, 0.4) is 0 Å². The number of halogens is 3. The van der Waals surface area contributed by atoms with Crippen molar-refractivity contribution in [1.82, 2.24) is 5.32 Å². The van der Waals surface area contributed by atoms with E-state index in [1.165, 1.54) is 0 Å². The number of alkyl halides is 3. The van der Waals surface area contributed by atoms with E-state index < -0.39 is 5.51 Å². The molecule has 0 aromatic carbocycles. The van der Waals surface area contributed by atoms with Crippen molar-refractivity contribution in [3.05, 3.63) is 0 Å². The lowest BCUT2D eigenvalue weighted by atomic mass is 10.1. The third kappa shape index (κ3) is 5.70. The monoisotopic (exact) mass is 231 g/mol. The first-order chi connectivity index (χ1) is 6.08. The normalized spacial score (nSPS) is 18.7. The summed E-state index contributed by atoms with van der Waals surface area (Å²) in [7, 11) is 0. The number of rotatable bonds is 5. The number of hydrogen-bond donors (Lipinski definition) is 1. The molecule has 0 saturated carbocycles. The summed E-state index contributed by atoms with van der Waals surface area (Å²) < 4.78 is 35.0. The Kier molecular flexibility index (Phi) is 4.75. The van der Waals surface area contributed by atoms with Crippen molar-refractivity contribution in [2.24, 2.45) is 5.92 Å². The molecule has 0 amide bonds. The molecule has 1 rings (SSSR count). The van der Waals surface area contributed by atoms with E-state index in [4.69, 9.17) is 0 Å². The molecule has 0 aromatic heterocycles. The van der Waals surface area contributed by atoms with Crippen molar-refractivity contribution in [3.63, 3.8) is 0 Å². The van der Waals surface area contributed by atoms with Gasteiger partial charge in [0.25, 0.3) is 0 Å². The average molecular weight is 231 g/mol. The maximum absolute atomic E-state index is 11.7. The molecular weight excluding hydrogens is 219 g/mol. The molecule has 1 N–H and O–H groups in total. The van der Waals surface area contributed by atoms with Crippen molar-refractivity contribution in [2.45, 2.75) is 5.51 Å². The summed E-state index contributed by atoms with van der Waals surface area (Å²) in [6.07, 6.45) is 0. The third-order valence-electron chi connectivity index (χ3n) is 1.71. The molecule has 78 valence electrons. The van der Waals surface area contributed by atoms with Crippen LogP contribution in [-0.2, 0) is 0 Å². The third-order valence-corrected chi connectivity index (χ3v) is 3.91. The summed E-state index contributed by atoms with van der Waals surface area (Å²) in [5, 5.41) is 3.13. The van der Waals surface area contributed by atoms with E-state index in [9.17, 15) is 13.2 Å². The van der Waals surface area contributed by atoms with E-state index >= 15 is 0 Å². The second-order valence-electron chi connectivity index (χ2n) is 2.89. The van der Waals surface area contributed by atoms with Crippen LogP contribution in [0.1, 0.15) is 0 Å². The number of thioether (sulfide) groups is 2. The zero-order chi connectivity index (χ0) is 9.73. The zero-order valence-corrected chi connectivity index (χ0v) is 8.70. The second-order valence-corrected chi connectivity index (χ2v) is 5.20. The minimum atomic E-state index is -4.06. The van der Waals surface area contributed by atoms with Crippen LogP contribution in [0.2, 0.25) is 0 Å². The molecule has 0 atom stereocenters. The molecule has 1 fully saturated rings. The maximum atomic E-state index is 11.7. The van der Waals surface area contributed by atoms with Gasteiger partial charge >= 0.3 is 5.51 Å². The minimum Gasteiger partial charge on any atom is -0.316 e. The topological polar surface area (TPSA) is 12.0 Å². The fourth-order valence-electron chi connectivity index (χ4n) is 0.933. The summed E-state index contributed by atoms with van der Waals surface area (Å²) in [5.74, 6) is 2.45. The Labute approximate surface area is 84.2 Å². The minimum absolute atomic E-state index is 0.0744. The molecule has 0 aliphatic carbocycles. The van der Waals surface area contributed by atoms with Crippen molar-refractivity contribution in [2.75, 3.05) is 30.3 Å². The Morgan fingerprint density at radius 3 is 2.38 bits per heavy atom. The second kappa shape index (κ2) is 5.36. The molecule has 1 heterocycles. The quantitative estimate of drug-likeness (QED) is 0.728. The molecule has 0 bridgehead atoms. The van der Waals surface area contributed by atoms with Gasteiger partial charge in [0.1, 0.15) is 0 Å². The van der Waals surface area contributed by atoms with Crippen LogP contribution in [0.4, 0.5) is 13.2 Å². The maximum Gasteiger partial charge on any atom is 0.441 e. The van der Waals surface area contributed by atoms with Gasteiger partial charge in [-0.05, 0) is 24.8 Å². The molecule has 1 aliphatic heterocycles. The first-order valence-electron chi connectivity index (χ1n) is 4.07. The molecule has 13 heavy (non-hydrogen) atoms. The molecule has 6 heteroatoms. The lowest BCUT2D eigenvalue weighted by molar-refractivity contribution is -0.0326. The first-order valence-corrected chi connectivity index (χ1v) is 6.21. The van der Waals surface area contributed by atoms with Crippen LogP contribution in [0, 0.1) is 5.92 Å². The van der Waals surface area contributed by atoms with Crippen LogP contribution >= 0.6 is 23.5 Å². The Morgan fingerprint density at radius 2 is 1.92 bits per heavy atom. The molecule has 1 aliphatic rings. The summed E-state index contributed by atoms with van der Waals surface area (Å²) in [5.41, 5.74) is -4.06. The van der Waals surface area contributed by atoms with E-state index in [2.05, 4.69) is 5.32 Å². The van der Waals surface area contributed by atoms with Gasteiger partial charge in [0, 0.05) is 11.5 Å². The highest BCUT2D eigenvalue weighted by molar-refractivity contribution is 8.03. The average Bonchev–Trinajstić information content (AvgIpc) is 1.90. The van der Waals surface area contributed by atoms with Gasteiger partial charge < -0.3 is 5.32 Å². The zero-order valence-electron chi connectivity index (χ0n) is 7.06. The SMILES string of the molecule is FC(F)(F)SCCSCC1CNC1. The van der Waals surface area contributed by atoms with E-state index in [1.807, 2.05) is 0 Å². The van der Waals surface area contributed by atoms with E-state index in [-0.39, 0.29) is 17.5 Å². The predicted molar refractivity (Wildman–Crippen MR) is 52.2 cm³/mol. The van der Waals surface area contributed by atoms with Gasteiger partial charge in [-0.1, -0.05) is 11.8 Å². The van der Waals surface area contributed by atoms with Crippen LogP contribution in [0.15, 0.2) is 0 Å². The predicted octanol–water partition coefficient (Wildman–Crippen LogP) is 2.19. The smallest absolute Gasteiger partial charge is 0.316 e. The molecular formula is C7H12F3NS2. The molecule has 0 aromatic rings. The summed E-state index contributed by atoms with van der Waals surface area (Å²) in [4.78, 5) is 0. The van der Waals surface area contributed by atoms with Crippen LogP contribution in [0.5, 0.6) is 0 Å². The Bertz CT molecular complexity index is 147. The van der Waals surface area contributed by atoms with Gasteiger partial charge in [-0.25, -0.2) is 0 Å². The fourth-order valence-corrected chi connectivity index (χ4v) is 2.70. The van der Waals surface area contributed by atoms with Crippen molar-refractivity contribution >= 4 is 23.5 Å². The largest absolute Gasteiger partial charge is 0.441 e. The van der Waals surface area contributed by atoms with E-state index in [1.54, 1.807) is 11.8 Å². The van der Waals surface area contributed by atoms with Crippen LogP contribution in [-0.4, -0.2) is 35.9 Å². The fraction of sp³-hybridized carbons (Fsp3) is 1.00. The standard InChI is InChI=1S/C7H12F3NS2/c8-7(9,10)13-2-1-12-5-6-3-11-4-6/h6,11H,1-5H2. The molecule has 1 nitrogen and oxygen atoms in total. The molecule has 0 radical (unpaired) electrons. The highest BCUT2D eigenvalue weighted by Gasteiger charge is 2.27. The highest BCUT2D eigenvalue weighted by atomic mass is 32.2. The van der Waals surface area contributed by atoms with Crippen molar-refractivity contribution < 1.29 is 13.2 Å². The summed E-state index contributed by atoms with van der Waals surface area (Å²) in [6, 6.07) is 0. The van der Waals surface area contributed by atoms with Crippen molar-refractivity contribution in [1.29, 1.82) is 0 Å². The van der Waals surface area contributed by atoms with Gasteiger partial charge in [0.05, 0.1) is 0 Å². The lowest BCUT2D eigenvalue weighted by Gasteiger charge is -2.26. The van der Waals surface area contributed by atoms with Gasteiger partial charge in [-0.3, -0.25) is 0 Å². The first kappa shape index (κ1) is 11.5. The van der Waals surface area contributed by atoms with Crippen molar-refractivity contribution in [3.8, 4) is 0 Å². The summed E-state index contributed by atoms with van der Waals surface area (Å²) >= 11 is 1.69. The van der Waals surface area contributed by atoms with Gasteiger partial charge in [-0.2, -0.15) is 24.9 Å². The molecule has 0 spiro atoms. The highest BCUT2D eigenvalue weighted by Crippen LogP contribution is 2.30. The Hall–Kier alpha value is 0.450. The number of nitrogens with one attached hydrogen (secondary N) is 1.